The van der Waals surface area contributed by atoms with Gasteiger partial charge < -0.3 is 14.2 Å². The van der Waals surface area contributed by atoms with Crippen LogP contribution in [0.2, 0.25) is 0 Å². The number of rotatable bonds is 5. The van der Waals surface area contributed by atoms with Gasteiger partial charge in [0.25, 0.3) is 0 Å². The lowest BCUT2D eigenvalue weighted by atomic mass is 10.1. The Bertz CT molecular complexity index is 712. The summed E-state index contributed by atoms with van der Waals surface area (Å²) in [5.74, 6) is 0.461. The van der Waals surface area contributed by atoms with Crippen LogP contribution in [0.25, 0.3) is 0 Å². The molecule has 2 amide bonds. The fraction of sp³-hybridized carbons (Fsp3) is 0.333. The minimum atomic E-state index is -0.284. The molecule has 3 rings (SSSR count). The molecule has 0 spiro atoms. The van der Waals surface area contributed by atoms with E-state index in [2.05, 4.69) is 15.9 Å². The monoisotopic (exact) mass is 390 g/mol. The van der Waals surface area contributed by atoms with E-state index in [4.69, 9.17) is 4.42 Å². The molecule has 0 saturated carbocycles. The van der Waals surface area contributed by atoms with Gasteiger partial charge in [0, 0.05) is 31.0 Å². The Morgan fingerprint density at radius 2 is 2.08 bits per heavy atom. The Kier molecular flexibility index (Phi) is 5.04. The summed E-state index contributed by atoms with van der Waals surface area (Å²) in [5, 5.41) is 0. The van der Waals surface area contributed by atoms with Crippen molar-refractivity contribution in [2.45, 2.75) is 19.5 Å². The van der Waals surface area contributed by atoms with Crippen molar-refractivity contribution < 1.29 is 14.0 Å². The predicted molar refractivity (Wildman–Crippen MR) is 92.8 cm³/mol. The summed E-state index contributed by atoms with van der Waals surface area (Å²) < 4.78 is 6.29. The third-order valence-corrected chi connectivity index (χ3v) is 4.73. The Balaban J connectivity index is 1.58. The van der Waals surface area contributed by atoms with Gasteiger partial charge in [0.1, 0.15) is 5.76 Å². The second kappa shape index (κ2) is 7.21. The minimum absolute atomic E-state index is 0.00166. The molecule has 0 bridgehead atoms. The number of likely N-dealkylation sites (tertiary alicyclic amines) is 1. The predicted octanol–water partition coefficient (Wildman–Crippen LogP) is 3.05. The molecule has 2 aromatic rings. The zero-order chi connectivity index (χ0) is 17.1. The lowest BCUT2D eigenvalue weighted by Crippen LogP contribution is -2.34. The zero-order valence-corrected chi connectivity index (χ0v) is 15.0. The molecule has 0 aliphatic carbocycles. The van der Waals surface area contributed by atoms with Crippen LogP contribution in [-0.4, -0.2) is 35.2 Å². The van der Waals surface area contributed by atoms with Gasteiger partial charge in [-0.05, 0) is 29.8 Å². The van der Waals surface area contributed by atoms with Crippen LogP contribution >= 0.6 is 15.9 Å². The third-order valence-electron chi connectivity index (χ3n) is 4.20. The van der Waals surface area contributed by atoms with E-state index >= 15 is 0 Å². The Morgan fingerprint density at radius 1 is 1.33 bits per heavy atom. The number of nitrogens with zero attached hydrogens (tertiary/aromatic N) is 2. The van der Waals surface area contributed by atoms with Gasteiger partial charge in [-0.25, -0.2) is 0 Å². The van der Waals surface area contributed by atoms with Gasteiger partial charge >= 0.3 is 0 Å². The van der Waals surface area contributed by atoms with Gasteiger partial charge in [-0.1, -0.05) is 28.1 Å². The SMILES string of the molecule is CN(Cc1ccc(Br)cc1)C(=O)C1CC(=O)N(Cc2ccco2)C1. The number of amides is 2. The second-order valence-corrected chi connectivity index (χ2v) is 6.99. The van der Waals surface area contributed by atoms with Crippen molar-refractivity contribution in [2.75, 3.05) is 13.6 Å². The fourth-order valence-electron chi connectivity index (χ4n) is 2.93. The van der Waals surface area contributed by atoms with E-state index in [0.717, 1.165) is 15.8 Å². The van der Waals surface area contributed by atoms with Gasteiger partial charge in [-0.2, -0.15) is 0 Å². The maximum absolute atomic E-state index is 12.6. The van der Waals surface area contributed by atoms with Gasteiger partial charge in [0.15, 0.2) is 0 Å². The van der Waals surface area contributed by atoms with Crippen molar-refractivity contribution in [3.05, 3.63) is 58.5 Å². The quantitative estimate of drug-likeness (QED) is 0.788. The van der Waals surface area contributed by atoms with Crippen molar-refractivity contribution in [1.82, 2.24) is 9.80 Å². The minimum Gasteiger partial charge on any atom is -0.467 e. The molecule has 1 aliphatic rings. The summed E-state index contributed by atoms with van der Waals surface area (Å²) in [4.78, 5) is 28.1. The van der Waals surface area contributed by atoms with Crippen LogP contribution in [0.1, 0.15) is 17.7 Å². The molecule has 1 aliphatic heterocycles. The molecule has 24 heavy (non-hydrogen) atoms. The molecule has 1 aromatic carbocycles. The molecule has 126 valence electrons. The van der Waals surface area contributed by atoms with Crippen molar-refractivity contribution in [2.24, 2.45) is 5.92 Å². The zero-order valence-electron chi connectivity index (χ0n) is 13.4. The standard InChI is InChI=1S/C18H19BrN2O3/c1-20(10-13-4-6-15(19)7-5-13)18(23)14-9-17(22)21(11-14)12-16-3-2-8-24-16/h2-8,14H,9-12H2,1H3. The molecule has 1 aromatic heterocycles. The molecule has 1 fully saturated rings. The number of benzene rings is 1. The maximum atomic E-state index is 12.6. The summed E-state index contributed by atoms with van der Waals surface area (Å²) >= 11 is 3.40. The molecule has 1 atom stereocenters. The van der Waals surface area contributed by atoms with Crippen LogP contribution in [0.15, 0.2) is 51.6 Å². The molecule has 1 saturated heterocycles. The first-order chi connectivity index (χ1) is 11.5. The van der Waals surface area contributed by atoms with Crippen LogP contribution in [0, 0.1) is 5.92 Å². The highest BCUT2D eigenvalue weighted by Crippen LogP contribution is 2.23. The molecule has 0 N–H and O–H groups in total. The van der Waals surface area contributed by atoms with E-state index in [1.807, 2.05) is 30.3 Å². The average Bonchev–Trinajstić information content (AvgIpc) is 3.20. The highest BCUT2D eigenvalue weighted by Gasteiger charge is 2.35. The molecule has 0 radical (unpaired) electrons. The number of furan rings is 1. The molecule has 2 heterocycles. The van der Waals surface area contributed by atoms with E-state index in [1.54, 1.807) is 29.2 Å². The molecular weight excluding hydrogens is 372 g/mol. The number of hydrogen-bond donors (Lipinski definition) is 0. The van der Waals surface area contributed by atoms with Crippen molar-refractivity contribution in [1.29, 1.82) is 0 Å². The topological polar surface area (TPSA) is 53.8 Å². The second-order valence-electron chi connectivity index (χ2n) is 6.08. The summed E-state index contributed by atoms with van der Waals surface area (Å²) in [5.41, 5.74) is 1.06. The molecule has 5 nitrogen and oxygen atoms in total. The van der Waals surface area contributed by atoms with Crippen LogP contribution in [0.5, 0.6) is 0 Å². The number of hydrogen-bond acceptors (Lipinski definition) is 3. The Labute approximate surface area is 149 Å². The van der Waals surface area contributed by atoms with Crippen LogP contribution < -0.4 is 0 Å². The molecule has 1 unspecified atom stereocenters. The van der Waals surface area contributed by atoms with Crippen LogP contribution in [-0.2, 0) is 22.7 Å². The Hall–Kier alpha value is -2.08. The van der Waals surface area contributed by atoms with Crippen LogP contribution in [0.4, 0.5) is 0 Å². The van der Waals surface area contributed by atoms with E-state index in [0.29, 0.717) is 19.6 Å². The van der Waals surface area contributed by atoms with Crippen LogP contribution in [0.3, 0.4) is 0 Å². The normalized spacial score (nSPS) is 17.3. The van der Waals surface area contributed by atoms with Crippen molar-refractivity contribution >= 4 is 27.7 Å². The van der Waals surface area contributed by atoms with Gasteiger partial charge in [-0.15, -0.1) is 0 Å². The number of halogens is 1. The largest absolute Gasteiger partial charge is 0.467 e. The van der Waals surface area contributed by atoms with Gasteiger partial charge in [-0.3, -0.25) is 9.59 Å². The summed E-state index contributed by atoms with van der Waals surface area (Å²) in [6, 6.07) is 11.5. The summed E-state index contributed by atoms with van der Waals surface area (Å²) in [7, 11) is 1.78. The van der Waals surface area contributed by atoms with Gasteiger partial charge in [0.05, 0.1) is 18.7 Å². The lowest BCUT2D eigenvalue weighted by molar-refractivity contribution is -0.135. The number of carbonyl (C=O) groups excluding carboxylic acids is 2. The maximum Gasteiger partial charge on any atom is 0.228 e. The van der Waals surface area contributed by atoms with E-state index in [1.165, 1.54) is 0 Å². The Morgan fingerprint density at radius 3 is 2.75 bits per heavy atom. The lowest BCUT2D eigenvalue weighted by Gasteiger charge is -2.21. The van der Waals surface area contributed by atoms with E-state index in [-0.39, 0.29) is 24.2 Å². The smallest absolute Gasteiger partial charge is 0.228 e. The first-order valence-corrected chi connectivity index (χ1v) is 8.62. The first-order valence-electron chi connectivity index (χ1n) is 7.82. The highest BCUT2D eigenvalue weighted by molar-refractivity contribution is 9.10. The number of carbonyl (C=O) groups is 2. The van der Waals surface area contributed by atoms with E-state index in [9.17, 15) is 9.59 Å². The highest BCUT2D eigenvalue weighted by atomic mass is 79.9. The van der Waals surface area contributed by atoms with Crippen molar-refractivity contribution in [3.8, 4) is 0 Å². The van der Waals surface area contributed by atoms with Gasteiger partial charge in [0.2, 0.25) is 11.8 Å². The average molecular weight is 391 g/mol. The third kappa shape index (κ3) is 3.87. The molecule has 6 heteroatoms. The fourth-order valence-corrected chi connectivity index (χ4v) is 3.20. The van der Waals surface area contributed by atoms with E-state index < -0.39 is 0 Å². The molecular formula is C18H19BrN2O3. The van der Waals surface area contributed by atoms with Crippen molar-refractivity contribution in [3.63, 3.8) is 0 Å². The summed E-state index contributed by atoms with van der Waals surface area (Å²) in [6.07, 6.45) is 1.86. The first kappa shape index (κ1) is 16.8. The summed E-state index contributed by atoms with van der Waals surface area (Å²) in [6.45, 7) is 1.41.